The minimum absolute atomic E-state index is 0.405. The van der Waals surface area contributed by atoms with Gasteiger partial charge in [-0.05, 0) is 72.1 Å². The van der Waals surface area contributed by atoms with E-state index in [1.165, 1.54) is 36.8 Å². The first-order chi connectivity index (χ1) is 9.92. The maximum Gasteiger partial charge on any atom is 0.115 e. The van der Waals surface area contributed by atoms with E-state index in [1.54, 1.807) is 0 Å². The monoisotopic (exact) mass is 285 g/mol. The van der Waals surface area contributed by atoms with Crippen molar-refractivity contribution in [3.63, 3.8) is 0 Å². The zero-order chi connectivity index (χ0) is 14.8. The van der Waals surface area contributed by atoms with Crippen molar-refractivity contribution >= 4 is 0 Å². The largest absolute Gasteiger partial charge is 0.508 e. The van der Waals surface area contributed by atoms with Crippen LogP contribution in [0.3, 0.4) is 0 Å². The molecule has 21 heavy (non-hydrogen) atoms. The summed E-state index contributed by atoms with van der Waals surface area (Å²) in [5, 5.41) is 13.6. The lowest BCUT2D eigenvalue weighted by molar-refractivity contribution is 0.115. The van der Waals surface area contributed by atoms with Gasteiger partial charge >= 0.3 is 0 Å². The van der Waals surface area contributed by atoms with Crippen molar-refractivity contribution in [1.82, 2.24) is 5.32 Å². The molecule has 4 rings (SSSR count). The Kier molecular flexibility index (Phi) is 2.76. The quantitative estimate of drug-likeness (QED) is 0.854. The molecule has 0 aliphatic heterocycles. The summed E-state index contributed by atoms with van der Waals surface area (Å²) in [5.41, 5.74) is 3.66. The van der Waals surface area contributed by atoms with Crippen LogP contribution in [0.1, 0.15) is 63.6 Å². The fraction of sp³-hybridized carbons (Fsp3) is 0.684. The zero-order valence-electron chi connectivity index (χ0n) is 13.4. The van der Waals surface area contributed by atoms with Crippen molar-refractivity contribution in [2.75, 3.05) is 0 Å². The van der Waals surface area contributed by atoms with Gasteiger partial charge in [0.05, 0.1) is 0 Å². The lowest BCUT2D eigenvalue weighted by Crippen LogP contribution is -2.45. The van der Waals surface area contributed by atoms with Gasteiger partial charge in [0.15, 0.2) is 0 Å². The molecule has 4 unspecified atom stereocenters. The van der Waals surface area contributed by atoms with Crippen LogP contribution in [0.25, 0.3) is 0 Å². The van der Waals surface area contributed by atoms with E-state index >= 15 is 0 Å². The molecule has 0 heterocycles. The summed E-state index contributed by atoms with van der Waals surface area (Å²) in [6.07, 6.45) is 6.40. The van der Waals surface area contributed by atoms with E-state index in [1.807, 2.05) is 12.1 Å². The van der Waals surface area contributed by atoms with Gasteiger partial charge in [0, 0.05) is 12.1 Å². The Balaban J connectivity index is 1.57. The average molecular weight is 285 g/mol. The van der Waals surface area contributed by atoms with Gasteiger partial charge in [-0.1, -0.05) is 26.8 Å². The highest BCUT2D eigenvalue weighted by atomic mass is 16.3. The number of benzene rings is 1. The van der Waals surface area contributed by atoms with Gasteiger partial charge in [0.2, 0.25) is 0 Å². The normalized spacial score (nSPS) is 39.7. The number of fused-ring (bicyclic) bond motifs is 3. The predicted molar refractivity (Wildman–Crippen MR) is 85.3 cm³/mol. The Labute approximate surface area is 128 Å². The number of nitrogens with one attached hydrogen (secondary N) is 1. The standard InChI is InChI=1S/C19H27NO/c1-18(2)13-8-9-19(18,3)17(11-13)20-16-7-4-12-10-14(21)5-6-15(12)16/h5-6,10,13,16-17,20-21H,4,7-9,11H2,1-3H3. The van der Waals surface area contributed by atoms with Crippen molar-refractivity contribution in [2.45, 2.75) is 65.0 Å². The van der Waals surface area contributed by atoms with Gasteiger partial charge in [0.25, 0.3) is 0 Å². The van der Waals surface area contributed by atoms with Crippen LogP contribution in [0, 0.1) is 16.7 Å². The molecular weight excluding hydrogens is 258 g/mol. The van der Waals surface area contributed by atoms with Gasteiger partial charge in [0.1, 0.15) is 5.75 Å². The highest BCUT2D eigenvalue weighted by Crippen LogP contribution is 2.65. The molecule has 0 amide bonds. The summed E-state index contributed by atoms with van der Waals surface area (Å²) in [6.45, 7) is 7.46. The van der Waals surface area contributed by atoms with E-state index in [2.05, 4.69) is 32.2 Å². The molecule has 3 aliphatic carbocycles. The second-order valence-corrected chi connectivity index (χ2v) is 8.30. The Morgan fingerprint density at radius 2 is 2.00 bits per heavy atom. The van der Waals surface area contributed by atoms with Crippen LogP contribution in [-0.2, 0) is 6.42 Å². The maximum atomic E-state index is 9.64. The Hall–Kier alpha value is -1.02. The number of phenolic OH excluding ortho intramolecular Hbond substituents is 1. The molecule has 2 saturated carbocycles. The predicted octanol–water partition coefficient (Wildman–Crippen LogP) is 4.18. The summed E-state index contributed by atoms with van der Waals surface area (Å²) in [5.74, 6) is 1.29. The number of phenols is 1. The first kappa shape index (κ1) is 13.6. The molecule has 4 atom stereocenters. The highest BCUT2D eigenvalue weighted by molar-refractivity contribution is 5.40. The molecular formula is C19H27NO. The molecule has 0 saturated heterocycles. The third kappa shape index (κ3) is 1.75. The molecule has 3 aliphatic rings. The van der Waals surface area contributed by atoms with E-state index in [9.17, 15) is 5.11 Å². The van der Waals surface area contributed by atoms with Crippen LogP contribution in [-0.4, -0.2) is 11.1 Å². The molecule has 1 aromatic rings. The molecule has 2 heteroatoms. The molecule has 0 spiro atoms. The average Bonchev–Trinajstić information content (AvgIpc) is 2.98. The summed E-state index contributed by atoms with van der Waals surface area (Å²) < 4.78 is 0. The van der Waals surface area contributed by atoms with E-state index in [0.717, 1.165) is 12.3 Å². The van der Waals surface area contributed by atoms with Gasteiger partial charge in [-0.2, -0.15) is 0 Å². The summed E-state index contributed by atoms with van der Waals surface area (Å²) >= 11 is 0. The molecule has 1 aromatic carbocycles. The van der Waals surface area contributed by atoms with Gasteiger partial charge in [-0.15, -0.1) is 0 Å². The molecule has 2 fully saturated rings. The number of hydrogen-bond acceptors (Lipinski definition) is 2. The first-order valence-electron chi connectivity index (χ1n) is 8.50. The van der Waals surface area contributed by atoms with Crippen LogP contribution >= 0.6 is 0 Å². The minimum Gasteiger partial charge on any atom is -0.508 e. The second-order valence-electron chi connectivity index (χ2n) is 8.30. The topological polar surface area (TPSA) is 32.3 Å². The van der Waals surface area contributed by atoms with Gasteiger partial charge in [-0.25, -0.2) is 0 Å². The Morgan fingerprint density at radius 1 is 1.19 bits per heavy atom. The Bertz CT molecular complexity index is 579. The third-order valence-corrected chi connectivity index (χ3v) is 7.40. The molecule has 0 radical (unpaired) electrons. The molecule has 2 N–H and O–H groups in total. The van der Waals surface area contributed by atoms with Crippen molar-refractivity contribution in [1.29, 1.82) is 0 Å². The van der Waals surface area contributed by atoms with E-state index < -0.39 is 0 Å². The van der Waals surface area contributed by atoms with Crippen molar-refractivity contribution in [3.05, 3.63) is 29.3 Å². The Morgan fingerprint density at radius 3 is 2.67 bits per heavy atom. The summed E-state index contributed by atoms with van der Waals surface area (Å²) in [6, 6.07) is 7.04. The van der Waals surface area contributed by atoms with Crippen LogP contribution in [0.5, 0.6) is 5.75 Å². The molecule has 2 nitrogen and oxygen atoms in total. The number of aromatic hydroxyl groups is 1. The molecule has 114 valence electrons. The van der Waals surface area contributed by atoms with Crippen LogP contribution < -0.4 is 5.32 Å². The fourth-order valence-electron chi connectivity index (χ4n) is 5.48. The highest BCUT2D eigenvalue weighted by Gasteiger charge is 2.61. The molecule has 0 aromatic heterocycles. The van der Waals surface area contributed by atoms with E-state index in [0.29, 0.717) is 28.7 Å². The smallest absolute Gasteiger partial charge is 0.115 e. The minimum atomic E-state index is 0.405. The lowest BCUT2D eigenvalue weighted by atomic mass is 9.69. The fourth-order valence-corrected chi connectivity index (χ4v) is 5.48. The summed E-state index contributed by atoms with van der Waals surface area (Å²) in [4.78, 5) is 0. The zero-order valence-corrected chi connectivity index (χ0v) is 13.4. The number of rotatable bonds is 2. The van der Waals surface area contributed by atoms with E-state index in [-0.39, 0.29) is 0 Å². The van der Waals surface area contributed by atoms with Crippen LogP contribution in [0.15, 0.2) is 18.2 Å². The first-order valence-corrected chi connectivity index (χ1v) is 8.50. The summed E-state index contributed by atoms with van der Waals surface area (Å²) in [7, 11) is 0. The SMILES string of the molecule is CC1(C)C2CCC1(C)C(NC1CCc3cc(O)ccc31)C2. The molecule has 2 bridgehead atoms. The number of hydrogen-bond donors (Lipinski definition) is 2. The van der Waals surface area contributed by atoms with Crippen LogP contribution in [0.2, 0.25) is 0 Å². The number of aryl methyl sites for hydroxylation is 1. The van der Waals surface area contributed by atoms with Crippen molar-refractivity contribution in [3.8, 4) is 5.75 Å². The van der Waals surface area contributed by atoms with Gasteiger partial charge < -0.3 is 10.4 Å². The van der Waals surface area contributed by atoms with Crippen molar-refractivity contribution in [2.24, 2.45) is 16.7 Å². The maximum absolute atomic E-state index is 9.64. The van der Waals surface area contributed by atoms with E-state index in [4.69, 9.17) is 0 Å². The van der Waals surface area contributed by atoms with Gasteiger partial charge in [-0.3, -0.25) is 0 Å². The second kappa shape index (κ2) is 4.25. The van der Waals surface area contributed by atoms with Crippen molar-refractivity contribution < 1.29 is 5.11 Å². The van der Waals surface area contributed by atoms with Crippen LogP contribution in [0.4, 0.5) is 0 Å². The lowest BCUT2D eigenvalue weighted by Gasteiger charge is -2.41. The third-order valence-electron chi connectivity index (χ3n) is 7.40.